The van der Waals surface area contributed by atoms with Gasteiger partial charge in [-0.3, -0.25) is 48.1 Å². The van der Waals surface area contributed by atoms with E-state index in [1.807, 2.05) is 6.07 Å². The number of carbonyl (C=O) groups is 9. The van der Waals surface area contributed by atoms with Crippen LogP contribution in [-0.2, 0) is 49.6 Å². The summed E-state index contributed by atoms with van der Waals surface area (Å²) in [5.41, 5.74) is 23.3. The summed E-state index contributed by atoms with van der Waals surface area (Å²) in [6.45, 7) is 1.46. The minimum Gasteiger partial charge on any atom is -0.481 e. The van der Waals surface area contributed by atoms with Gasteiger partial charge in [0.15, 0.2) is 5.96 Å². The molecule has 1 aromatic rings. The summed E-state index contributed by atoms with van der Waals surface area (Å²) in [6, 6.07) is -1.07. The highest BCUT2D eigenvalue weighted by molar-refractivity contribution is 8.76. The van der Waals surface area contributed by atoms with Crippen molar-refractivity contribution < 1.29 is 48.3 Å². The molecule has 0 radical (unpaired) electrons. The Balaban J connectivity index is 1.79. The number of nitrogens with two attached hydrogens (primary N) is 4. The van der Waals surface area contributed by atoms with E-state index in [0.29, 0.717) is 6.42 Å². The van der Waals surface area contributed by atoms with Gasteiger partial charge in [-0.2, -0.15) is 12.6 Å². The molecule has 0 aromatic heterocycles. The van der Waals surface area contributed by atoms with E-state index in [0.717, 1.165) is 32.1 Å². The van der Waals surface area contributed by atoms with Gasteiger partial charge < -0.3 is 64.8 Å². The molecule has 8 atom stereocenters. The van der Waals surface area contributed by atoms with Gasteiger partial charge in [-0.25, -0.2) is 0 Å². The van der Waals surface area contributed by atoms with Crippen LogP contribution in [0.4, 0.5) is 0 Å². The van der Waals surface area contributed by atoms with E-state index in [-0.39, 0.29) is 62.0 Å². The van der Waals surface area contributed by atoms with Crippen molar-refractivity contribution >= 4 is 93.4 Å². The first kappa shape index (κ1) is 50.1. The molecule has 15 N–H and O–H groups in total. The van der Waals surface area contributed by atoms with Gasteiger partial charge in [0.25, 0.3) is 0 Å². The number of carboxylic acids is 1. The Morgan fingerprint density at radius 2 is 1.59 bits per heavy atom. The number of carbonyl (C=O) groups excluding carboxylic acids is 8. The molecule has 0 aliphatic carbocycles. The van der Waals surface area contributed by atoms with E-state index in [1.165, 1.54) is 6.92 Å². The number of amides is 8. The molecule has 2 heterocycles. The van der Waals surface area contributed by atoms with Gasteiger partial charge in [0, 0.05) is 30.3 Å². The van der Waals surface area contributed by atoms with Crippen LogP contribution in [0, 0.1) is 0 Å². The van der Waals surface area contributed by atoms with Crippen LogP contribution < -0.4 is 54.8 Å². The zero-order valence-corrected chi connectivity index (χ0v) is 35.9. The van der Waals surface area contributed by atoms with E-state index in [9.17, 15) is 48.3 Å². The summed E-state index contributed by atoms with van der Waals surface area (Å²) in [4.78, 5) is 123. The molecular weight excluding hydrogens is 857 g/mol. The fourth-order valence-corrected chi connectivity index (χ4v) is 8.78. The Morgan fingerprint density at radius 3 is 2.23 bits per heavy atom. The monoisotopic (exact) mass is 910 g/mol. The molecule has 25 heteroatoms. The quantitative estimate of drug-likeness (QED) is 0.0219. The Morgan fingerprint density at radius 1 is 0.918 bits per heavy atom. The maximum Gasteiger partial charge on any atom is 0.305 e. The summed E-state index contributed by atoms with van der Waals surface area (Å²) >= 11 is 4.17. The van der Waals surface area contributed by atoms with E-state index >= 15 is 0 Å². The maximum absolute atomic E-state index is 13.9. The highest BCUT2D eigenvalue weighted by Crippen LogP contribution is 2.25. The molecule has 0 bridgehead atoms. The van der Waals surface area contributed by atoms with E-state index in [4.69, 9.17) is 22.9 Å². The third-order valence-corrected chi connectivity index (χ3v) is 12.2. The van der Waals surface area contributed by atoms with E-state index in [1.54, 1.807) is 24.3 Å². The SMILES string of the molecule is C[C@H](NC(=O)[C@H](CS)NC(=O)[C@@H](N)Cc1ccccc1)C(=O)N[C@@H](CCCN=C(N)N)C(=O)N[C@H]1CSSC[C@@H](C(N)=O)NC(=O)[C@@H]2CCCN2C(=O)[C@H](CC(=O)O)NC1=O. The molecule has 2 aliphatic heterocycles. The summed E-state index contributed by atoms with van der Waals surface area (Å²) in [6.07, 6.45) is 0.0308. The number of benzene rings is 1. The van der Waals surface area contributed by atoms with Gasteiger partial charge in [-0.1, -0.05) is 51.9 Å². The van der Waals surface area contributed by atoms with Crippen LogP contribution in [0.5, 0.6) is 0 Å². The molecule has 3 rings (SSSR count). The molecular formula is C36H54N12O10S3. The highest BCUT2D eigenvalue weighted by Gasteiger charge is 2.40. The molecule has 22 nitrogen and oxygen atoms in total. The third kappa shape index (κ3) is 16.3. The van der Waals surface area contributed by atoms with Crippen molar-refractivity contribution in [2.24, 2.45) is 27.9 Å². The van der Waals surface area contributed by atoms with Gasteiger partial charge in [0.05, 0.1) is 12.5 Å². The summed E-state index contributed by atoms with van der Waals surface area (Å²) in [5.74, 6) is -8.43. The Bertz CT molecular complexity index is 1790. The summed E-state index contributed by atoms with van der Waals surface area (Å²) in [5, 5.41) is 24.7. The first-order chi connectivity index (χ1) is 28.9. The fourth-order valence-electron chi connectivity index (χ4n) is 6.18. The lowest BCUT2D eigenvalue weighted by atomic mass is 10.1. The van der Waals surface area contributed by atoms with Crippen molar-refractivity contribution in [3.05, 3.63) is 35.9 Å². The van der Waals surface area contributed by atoms with Crippen molar-refractivity contribution in [3.8, 4) is 0 Å². The number of hydrogen-bond acceptors (Lipinski definition) is 14. The Labute approximate surface area is 365 Å². The van der Waals surface area contributed by atoms with Crippen LogP contribution in [0.2, 0.25) is 0 Å². The standard InChI is InChI=1S/C36H54N12O10S3/c1-18(42-32(55)23(15-59)45-30(53)20(37)13-19-7-3-2-4-8-19)29(52)43-21(9-5-11-41-36(39)40)31(54)47-25-17-61-60-16-24(28(38)51)46-34(57)26-10-6-12-48(26)35(58)22(14-27(49)50)44-33(25)56/h2-4,7-8,18,20-26,59H,5-6,9-17,37H2,1H3,(H2,38,51)(H,42,55)(H,43,52)(H,44,56)(H,45,53)(H,46,57)(H,47,54)(H,49,50)(H4,39,40,41)/t18-,20-,21-,22-,23-,24-,25-,26-/m0/s1. The average molecular weight is 911 g/mol. The average Bonchev–Trinajstić information content (AvgIpc) is 3.70. The Hall–Kier alpha value is -5.27. The number of fused-ring (bicyclic) bond motifs is 1. The lowest BCUT2D eigenvalue weighted by molar-refractivity contribution is -0.146. The molecule has 2 fully saturated rings. The van der Waals surface area contributed by atoms with Crippen LogP contribution >= 0.6 is 34.2 Å². The molecule has 0 spiro atoms. The number of primary amides is 1. The number of aliphatic imine (C=N–C) groups is 1. The second kappa shape index (κ2) is 24.9. The largest absolute Gasteiger partial charge is 0.481 e. The lowest BCUT2D eigenvalue weighted by Crippen LogP contribution is -2.60. The molecule has 2 saturated heterocycles. The number of hydrogen-bond donors (Lipinski definition) is 12. The maximum atomic E-state index is 13.9. The second-order valence-corrected chi connectivity index (χ2v) is 17.1. The highest BCUT2D eigenvalue weighted by atomic mass is 33.1. The van der Waals surface area contributed by atoms with Crippen molar-refractivity contribution in [2.75, 3.05) is 30.3 Å². The van der Waals surface area contributed by atoms with Gasteiger partial charge in [0.1, 0.15) is 42.3 Å². The number of carboxylic acid groups (broad SMARTS) is 1. The fraction of sp³-hybridized carbons (Fsp3) is 0.556. The minimum absolute atomic E-state index is 0.0400. The predicted octanol–water partition coefficient (Wildman–Crippen LogP) is -4.19. The lowest BCUT2D eigenvalue weighted by Gasteiger charge is -2.30. The van der Waals surface area contributed by atoms with E-state index < -0.39 is 108 Å². The first-order valence-electron chi connectivity index (χ1n) is 19.3. The predicted molar refractivity (Wildman–Crippen MR) is 230 cm³/mol. The number of nitrogens with one attached hydrogen (secondary N) is 6. The third-order valence-electron chi connectivity index (χ3n) is 9.46. The molecule has 336 valence electrons. The Kier molecular flexibility index (Phi) is 20.4. The molecule has 8 amide bonds. The van der Waals surface area contributed by atoms with Crippen LogP contribution in [0.25, 0.3) is 0 Å². The number of aliphatic carboxylic acids is 1. The van der Waals surface area contributed by atoms with Crippen LogP contribution in [0.1, 0.15) is 44.6 Å². The summed E-state index contributed by atoms with van der Waals surface area (Å²) in [7, 11) is 2.06. The molecule has 61 heavy (non-hydrogen) atoms. The van der Waals surface area contributed by atoms with Crippen molar-refractivity contribution in [1.29, 1.82) is 0 Å². The van der Waals surface area contributed by atoms with Crippen LogP contribution in [-0.4, -0.2) is 148 Å². The topological polar surface area (TPSA) is 366 Å². The summed E-state index contributed by atoms with van der Waals surface area (Å²) < 4.78 is 0. The smallest absolute Gasteiger partial charge is 0.305 e. The normalized spacial score (nSPS) is 21.7. The second-order valence-electron chi connectivity index (χ2n) is 14.2. The minimum atomic E-state index is -1.64. The van der Waals surface area contributed by atoms with Gasteiger partial charge >= 0.3 is 5.97 Å². The van der Waals surface area contributed by atoms with Crippen LogP contribution in [0.3, 0.4) is 0 Å². The van der Waals surface area contributed by atoms with Crippen LogP contribution in [0.15, 0.2) is 35.3 Å². The zero-order valence-electron chi connectivity index (χ0n) is 33.4. The number of nitrogens with zero attached hydrogens (tertiary/aromatic N) is 2. The van der Waals surface area contributed by atoms with Crippen molar-refractivity contribution in [1.82, 2.24) is 36.8 Å². The number of guanidine groups is 1. The molecule has 0 saturated carbocycles. The zero-order chi connectivity index (χ0) is 45.2. The molecule has 0 unspecified atom stereocenters. The van der Waals surface area contributed by atoms with Crippen molar-refractivity contribution in [2.45, 2.75) is 93.8 Å². The van der Waals surface area contributed by atoms with Gasteiger partial charge in [0.2, 0.25) is 47.3 Å². The van der Waals surface area contributed by atoms with E-state index in [2.05, 4.69) is 49.5 Å². The van der Waals surface area contributed by atoms with Gasteiger partial charge in [-0.15, -0.1) is 0 Å². The first-order valence-corrected chi connectivity index (χ1v) is 22.4. The number of thiol groups is 1. The molecule has 2 aliphatic rings. The number of rotatable bonds is 18. The molecule has 1 aromatic carbocycles. The van der Waals surface area contributed by atoms with Crippen molar-refractivity contribution in [3.63, 3.8) is 0 Å². The van der Waals surface area contributed by atoms with Gasteiger partial charge in [-0.05, 0) is 44.6 Å².